The van der Waals surface area contributed by atoms with Crippen LogP contribution in [0, 0.1) is 0 Å². The third-order valence-electron chi connectivity index (χ3n) is 2.89. The molecule has 0 atom stereocenters. The molecule has 5 heteroatoms. The third kappa shape index (κ3) is 1.87. The van der Waals surface area contributed by atoms with E-state index in [0.717, 1.165) is 25.7 Å². The molecule has 1 aromatic heterocycles. The number of nitrogens with two attached hydrogens (primary N) is 1. The van der Waals surface area contributed by atoms with Crippen LogP contribution in [0.15, 0.2) is 10.9 Å². The summed E-state index contributed by atoms with van der Waals surface area (Å²) in [5.41, 5.74) is 5.49. The molecule has 1 fully saturated rings. The molecule has 1 aliphatic carbocycles. The predicted octanol–water partition coefficient (Wildman–Crippen LogP) is 0.506. The van der Waals surface area contributed by atoms with Crippen molar-refractivity contribution in [2.45, 2.75) is 31.2 Å². The van der Waals surface area contributed by atoms with Crippen molar-refractivity contribution < 1.29 is 4.74 Å². The maximum Gasteiger partial charge on any atom is 0.254 e. The zero-order chi connectivity index (χ0) is 10.9. The monoisotopic (exact) mass is 209 g/mol. The van der Waals surface area contributed by atoms with Crippen LogP contribution in [0.25, 0.3) is 0 Å². The van der Waals surface area contributed by atoms with Gasteiger partial charge in [-0.2, -0.15) is 4.98 Å². The zero-order valence-electron chi connectivity index (χ0n) is 8.75. The lowest BCUT2D eigenvalue weighted by Crippen LogP contribution is -2.37. The molecule has 0 aromatic carbocycles. The molecule has 2 rings (SSSR count). The Morgan fingerprint density at radius 1 is 1.53 bits per heavy atom. The Morgan fingerprint density at radius 2 is 2.20 bits per heavy atom. The number of hydrogen-bond donors (Lipinski definition) is 2. The van der Waals surface area contributed by atoms with Gasteiger partial charge in [0.15, 0.2) is 0 Å². The first-order chi connectivity index (χ1) is 7.14. The Balaban J connectivity index is 2.43. The number of aromatic nitrogens is 2. The number of H-pyrrole nitrogens is 1. The molecule has 1 saturated carbocycles. The lowest BCUT2D eigenvalue weighted by molar-refractivity contribution is 0.375. The first-order valence-electron chi connectivity index (χ1n) is 5.09. The highest BCUT2D eigenvalue weighted by Crippen LogP contribution is 2.34. The summed E-state index contributed by atoms with van der Waals surface area (Å²) in [4.78, 5) is 18.2. The van der Waals surface area contributed by atoms with Gasteiger partial charge >= 0.3 is 0 Å². The normalized spacial score (nSPS) is 19.1. The van der Waals surface area contributed by atoms with E-state index in [1.165, 1.54) is 13.2 Å². The lowest BCUT2D eigenvalue weighted by Gasteiger charge is -2.22. The van der Waals surface area contributed by atoms with E-state index < -0.39 is 5.54 Å². The van der Waals surface area contributed by atoms with Gasteiger partial charge in [-0.05, 0) is 12.8 Å². The fourth-order valence-corrected chi connectivity index (χ4v) is 2.02. The highest BCUT2D eigenvalue weighted by Gasteiger charge is 2.34. The van der Waals surface area contributed by atoms with Gasteiger partial charge in [-0.1, -0.05) is 12.8 Å². The van der Waals surface area contributed by atoms with Crippen LogP contribution in [-0.2, 0) is 5.54 Å². The number of rotatable bonds is 2. The van der Waals surface area contributed by atoms with E-state index in [0.29, 0.717) is 11.7 Å². The Labute approximate surface area is 87.7 Å². The molecule has 0 amide bonds. The summed E-state index contributed by atoms with van der Waals surface area (Å²) < 4.78 is 4.95. The van der Waals surface area contributed by atoms with Crippen molar-refractivity contribution in [1.29, 1.82) is 0 Å². The second kappa shape index (κ2) is 3.66. The Morgan fingerprint density at radius 3 is 2.80 bits per heavy atom. The predicted molar refractivity (Wildman–Crippen MR) is 55.7 cm³/mol. The van der Waals surface area contributed by atoms with E-state index in [9.17, 15) is 4.79 Å². The fourth-order valence-electron chi connectivity index (χ4n) is 2.02. The largest absolute Gasteiger partial charge is 0.481 e. The molecule has 0 saturated heterocycles. The molecule has 0 unspecified atom stereocenters. The minimum Gasteiger partial charge on any atom is -0.481 e. The van der Waals surface area contributed by atoms with Gasteiger partial charge in [-0.3, -0.25) is 4.79 Å². The second-order valence-corrected chi connectivity index (χ2v) is 4.00. The van der Waals surface area contributed by atoms with E-state index in [1.807, 2.05) is 0 Å². The van der Waals surface area contributed by atoms with Crippen molar-refractivity contribution in [1.82, 2.24) is 9.97 Å². The molecule has 0 radical (unpaired) electrons. The fraction of sp³-hybridized carbons (Fsp3) is 0.600. The number of hydrogen-bond acceptors (Lipinski definition) is 4. The molecule has 0 spiro atoms. The number of nitrogens with one attached hydrogen (secondary N) is 1. The minimum atomic E-state index is -0.478. The van der Waals surface area contributed by atoms with Gasteiger partial charge < -0.3 is 15.5 Å². The van der Waals surface area contributed by atoms with Crippen LogP contribution >= 0.6 is 0 Å². The van der Waals surface area contributed by atoms with Gasteiger partial charge in [0.25, 0.3) is 5.56 Å². The topological polar surface area (TPSA) is 81.0 Å². The van der Waals surface area contributed by atoms with Gasteiger partial charge in [0, 0.05) is 0 Å². The number of aromatic amines is 1. The van der Waals surface area contributed by atoms with Gasteiger partial charge in [0.1, 0.15) is 5.82 Å². The summed E-state index contributed by atoms with van der Waals surface area (Å²) in [6.45, 7) is 0. The maximum atomic E-state index is 11.3. The summed E-state index contributed by atoms with van der Waals surface area (Å²) in [7, 11) is 1.49. The van der Waals surface area contributed by atoms with Crippen LogP contribution in [0.5, 0.6) is 5.88 Å². The highest BCUT2D eigenvalue weighted by atomic mass is 16.5. The molecule has 1 heterocycles. The zero-order valence-corrected chi connectivity index (χ0v) is 8.75. The summed E-state index contributed by atoms with van der Waals surface area (Å²) in [6.07, 6.45) is 3.89. The molecule has 0 aliphatic heterocycles. The summed E-state index contributed by atoms with van der Waals surface area (Å²) in [6, 6.07) is 1.32. The van der Waals surface area contributed by atoms with E-state index in [2.05, 4.69) is 9.97 Å². The van der Waals surface area contributed by atoms with Crippen molar-refractivity contribution in [3.8, 4) is 5.88 Å². The molecule has 0 bridgehead atoms. The van der Waals surface area contributed by atoms with Gasteiger partial charge in [0.2, 0.25) is 5.88 Å². The Bertz CT molecular complexity index is 407. The van der Waals surface area contributed by atoms with Crippen molar-refractivity contribution in [2.24, 2.45) is 5.73 Å². The third-order valence-corrected chi connectivity index (χ3v) is 2.89. The van der Waals surface area contributed by atoms with Crippen LogP contribution in [0.2, 0.25) is 0 Å². The number of nitrogens with zero attached hydrogens (tertiary/aromatic N) is 1. The number of methoxy groups -OCH3 is 1. The molecule has 82 valence electrons. The lowest BCUT2D eigenvalue weighted by atomic mass is 9.98. The van der Waals surface area contributed by atoms with Crippen LogP contribution in [0.4, 0.5) is 0 Å². The molecular formula is C10H15N3O2. The second-order valence-electron chi connectivity index (χ2n) is 4.00. The molecule has 1 aromatic rings. The van der Waals surface area contributed by atoms with E-state index >= 15 is 0 Å². The molecule has 3 N–H and O–H groups in total. The number of ether oxygens (including phenoxy) is 1. The van der Waals surface area contributed by atoms with Crippen molar-refractivity contribution >= 4 is 0 Å². The SMILES string of the molecule is COc1cc(=O)[nH]c(C2(N)CCCC2)n1. The average Bonchev–Trinajstić information content (AvgIpc) is 2.65. The van der Waals surface area contributed by atoms with Crippen LogP contribution in [0.3, 0.4) is 0 Å². The molecule has 15 heavy (non-hydrogen) atoms. The van der Waals surface area contributed by atoms with Crippen molar-refractivity contribution in [3.05, 3.63) is 22.2 Å². The molecule has 1 aliphatic rings. The van der Waals surface area contributed by atoms with Gasteiger partial charge in [0.05, 0.1) is 18.7 Å². The van der Waals surface area contributed by atoms with Gasteiger partial charge in [-0.25, -0.2) is 0 Å². The molecule has 5 nitrogen and oxygen atoms in total. The summed E-state index contributed by atoms with van der Waals surface area (Å²) in [5, 5.41) is 0. The quantitative estimate of drug-likeness (QED) is 0.743. The van der Waals surface area contributed by atoms with Crippen LogP contribution < -0.4 is 16.0 Å². The van der Waals surface area contributed by atoms with Crippen LogP contribution in [0.1, 0.15) is 31.5 Å². The molecular weight excluding hydrogens is 194 g/mol. The Hall–Kier alpha value is -1.36. The van der Waals surface area contributed by atoms with E-state index in [1.54, 1.807) is 0 Å². The standard InChI is InChI=1S/C10H15N3O2/c1-15-8-6-7(14)12-9(13-8)10(11)4-2-3-5-10/h6H,2-5,11H2,1H3,(H,12,13,14). The first-order valence-corrected chi connectivity index (χ1v) is 5.09. The Kier molecular flexibility index (Phi) is 2.48. The highest BCUT2D eigenvalue weighted by molar-refractivity contribution is 5.15. The van der Waals surface area contributed by atoms with E-state index in [4.69, 9.17) is 10.5 Å². The summed E-state index contributed by atoms with van der Waals surface area (Å²) in [5.74, 6) is 0.870. The van der Waals surface area contributed by atoms with Crippen molar-refractivity contribution in [3.63, 3.8) is 0 Å². The first kappa shape index (κ1) is 10.2. The summed E-state index contributed by atoms with van der Waals surface area (Å²) >= 11 is 0. The van der Waals surface area contributed by atoms with Crippen LogP contribution in [-0.4, -0.2) is 17.1 Å². The van der Waals surface area contributed by atoms with Gasteiger partial charge in [-0.15, -0.1) is 0 Å². The van der Waals surface area contributed by atoms with Crippen molar-refractivity contribution in [2.75, 3.05) is 7.11 Å². The smallest absolute Gasteiger partial charge is 0.254 e. The van der Waals surface area contributed by atoms with E-state index in [-0.39, 0.29) is 5.56 Å². The maximum absolute atomic E-state index is 11.3. The minimum absolute atomic E-state index is 0.214. The average molecular weight is 209 g/mol.